The van der Waals surface area contributed by atoms with E-state index in [1.165, 1.54) is 51.5 Å². The van der Waals surface area contributed by atoms with Crippen LogP contribution in [0.3, 0.4) is 0 Å². The Bertz CT molecular complexity index is 140. The molecule has 0 amide bonds. The van der Waals surface area contributed by atoms with Crippen molar-refractivity contribution in [3.8, 4) is 0 Å². The maximum absolute atomic E-state index is 3.78. The van der Waals surface area contributed by atoms with Gasteiger partial charge < -0.3 is 5.32 Å². The Balaban J connectivity index is 1.69. The van der Waals surface area contributed by atoms with Crippen molar-refractivity contribution in [3.63, 3.8) is 0 Å². The molecular formula is C11H21N. The van der Waals surface area contributed by atoms with Gasteiger partial charge in [0.05, 0.1) is 0 Å². The predicted molar refractivity (Wildman–Crippen MR) is 52.2 cm³/mol. The van der Waals surface area contributed by atoms with Gasteiger partial charge in [-0.2, -0.15) is 0 Å². The second-order valence-electron chi connectivity index (χ2n) is 4.67. The van der Waals surface area contributed by atoms with E-state index in [9.17, 15) is 0 Å². The third-order valence-corrected chi connectivity index (χ3v) is 3.98. The molecule has 1 nitrogen and oxygen atoms in total. The van der Waals surface area contributed by atoms with Gasteiger partial charge in [-0.05, 0) is 51.0 Å². The Kier molecular flexibility index (Phi) is 2.40. The fourth-order valence-corrected chi connectivity index (χ4v) is 2.32. The van der Waals surface area contributed by atoms with Gasteiger partial charge in [-0.25, -0.2) is 0 Å². The molecule has 1 heteroatoms. The Morgan fingerprint density at radius 3 is 2.33 bits per heavy atom. The first-order chi connectivity index (χ1) is 5.85. The molecular weight excluding hydrogens is 146 g/mol. The summed E-state index contributed by atoms with van der Waals surface area (Å²) in [5.74, 6) is 1.02. The van der Waals surface area contributed by atoms with Crippen LogP contribution >= 0.6 is 0 Å². The monoisotopic (exact) mass is 167 g/mol. The van der Waals surface area contributed by atoms with Gasteiger partial charge in [-0.1, -0.05) is 13.3 Å². The number of hydrogen-bond donors (Lipinski definition) is 1. The van der Waals surface area contributed by atoms with E-state index in [2.05, 4.69) is 12.2 Å². The van der Waals surface area contributed by atoms with Crippen molar-refractivity contribution in [2.45, 2.75) is 57.4 Å². The Labute approximate surface area is 75.9 Å². The molecule has 0 heterocycles. The summed E-state index contributed by atoms with van der Waals surface area (Å²) in [5.41, 5.74) is 0.579. The van der Waals surface area contributed by atoms with Gasteiger partial charge >= 0.3 is 0 Å². The molecule has 2 aliphatic carbocycles. The summed E-state index contributed by atoms with van der Waals surface area (Å²) in [6.07, 6.45) is 10.1. The molecule has 70 valence electrons. The Morgan fingerprint density at radius 1 is 1.25 bits per heavy atom. The van der Waals surface area contributed by atoms with Crippen molar-refractivity contribution in [1.29, 1.82) is 0 Å². The van der Waals surface area contributed by atoms with Crippen LogP contribution in [0.1, 0.15) is 51.9 Å². The molecule has 0 radical (unpaired) electrons. The molecule has 12 heavy (non-hydrogen) atoms. The van der Waals surface area contributed by atoms with E-state index in [4.69, 9.17) is 0 Å². The van der Waals surface area contributed by atoms with Gasteiger partial charge in [0.25, 0.3) is 0 Å². The average molecular weight is 167 g/mol. The van der Waals surface area contributed by atoms with Gasteiger partial charge in [0.1, 0.15) is 0 Å². The highest BCUT2D eigenvalue weighted by Gasteiger charge is 2.35. The molecule has 2 saturated carbocycles. The molecule has 0 aromatic rings. The first-order valence-electron chi connectivity index (χ1n) is 5.60. The molecule has 0 aliphatic heterocycles. The normalized spacial score (nSPS) is 27.8. The van der Waals surface area contributed by atoms with Crippen molar-refractivity contribution in [3.05, 3.63) is 0 Å². The molecule has 0 atom stereocenters. The molecule has 2 aliphatic rings. The Hall–Kier alpha value is -0.0400. The van der Waals surface area contributed by atoms with E-state index < -0.39 is 0 Å². The molecule has 0 bridgehead atoms. The third-order valence-electron chi connectivity index (χ3n) is 3.98. The smallest absolute Gasteiger partial charge is 0.0179 e. The second kappa shape index (κ2) is 3.37. The van der Waals surface area contributed by atoms with Crippen LogP contribution in [0.5, 0.6) is 0 Å². The summed E-state index contributed by atoms with van der Waals surface area (Å²) in [4.78, 5) is 0. The lowest BCUT2D eigenvalue weighted by molar-refractivity contribution is 0.153. The second-order valence-corrected chi connectivity index (χ2v) is 4.67. The zero-order valence-electron chi connectivity index (χ0n) is 8.23. The molecule has 2 fully saturated rings. The maximum Gasteiger partial charge on any atom is 0.0179 e. The van der Waals surface area contributed by atoms with Crippen LogP contribution in [0.15, 0.2) is 0 Å². The van der Waals surface area contributed by atoms with Crippen molar-refractivity contribution < 1.29 is 0 Å². The van der Waals surface area contributed by atoms with Crippen molar-refractivity contribution in [2.75, 3.05) is 6.54 Å². The lowest BCUT2D eigenvalue weighted by Crippen LogP contribution is -2.52. The first-order valence-corrected chi connectivity index (χ1v) is 5.60. The fraction of sp³-hybridized carbons (Fsp3) is 1.00. The van der Waals surface area contributed by atoms with Crippen LogP contribution in [0.4, 0.5) is 0 Å². The summed E-state index contributed by atoms with van der Waals surface area (Å²) in [6.45, 7) is 3.63. The topological polar surface area (TPSA) is 12.0 Å². The van der Waals surface area contributed by atoms with Gasteiger partial charge in [0.2, 0.25) is 0 Å². The van der Waals surface area contributed by atoms with E-state index in [-0.39, 0.29) is 0 Å². The minimum Gasteiger partial charge on any atom is -0.311 e. The molecule has 1 N–H and O–H groups in total. The van der Waals surface area contributed by atoms with Gasteiger partial charge in [0.15, 0.2) is 0 Å². The number of hydrogen-bond acceptors (Lipinski definition) is 1. The minimum atomic E-state index is 0.579. The highest BCUT2D eigenvalue weighted by atomic mass is 15.0. The fourth-order valence-electron chi connectivity index (χ4n) is 2.32. The molecule has 2 rings (SSSR count). The highest BCUT2D eigenvalue weighted by molar-refractivity contribution is 4.95. The first kappa shape index (κ1) is 8.55. The average Bonchev–Trinajstić information content (AvgIpc) is 1.91. The van der Waals surface area contributed by atoms with Crippen LogP contribution in [-0.4, -0.2) is 12.1 Å². The lowest BCUT2D eigenvalue weighted by Gasteiger charge is -2.44. The highest BCUT2D eigenvalue weighted by Crippen LogP contribution is 2.35. The van der Waals surface area contributed by atoms with Crippen LogP contribution in [0.2, 0.25) is 0 Å². The molecule has 0 aromatic heterocycles. The molecule has 0 saturated heterocycles. The summed E-state index contributed by atoms with van der Waals surface area (Å²) in [5, 5.41) is 3.78. The number of rotatable bonds is 4. The summed E-state index contributed by atoms with van der Waals surface area (Å²) < 4.78 is 0. The summed E-state index contributed by atoms with van der Waals surface area (Å²) >= 11 is 0. The van der Waals surface area contributed by atoms with Crippen LogP contribution in [0.25, 0.3) is 0 Å². The zero-order valence-corrected chi connectivity index (χ0v) is 8.23. The van der Waals surface area contributed by atoms with E-state index in [1.807, 2.05) is 0 Å². The third kappa shape index (κ3) is 1.52. The standard InChI is InChI=1S/C11H21N/c1-2-11(7-4-8-11)12-9-10-5-3-6-10/h10,12H,2-9H2,1H3. The van der Waals surface area contributed by atoms with Crippen LogP contribution in [0, 0.1) is 5.92 Å². The van der Waals surface area contributed by atoms with Crippen LogP contribution in [-0.2, 0) is 0 Å². The summed E-state index contributed by atoms with van der Waals surface area (Å²) in [6, 6.07) is 0. The predicted octanol–water partition coefficient (Wildman–Crippen LogP) is 2.71. The van der Waals surface area contributed by atoms with Gasteiger partial charge in [0, 0.05) is 5.54 Å². The van der Waals surface area contributed by atoms with Crippen molar-refractivity contribution >= 4 is 0 Å². The molecule has 0 unspecified atom stereocenters. The summed E-state index contributed by atoms with van der Waals surface area (Å²) in [7, 11) is 0. The van der Waals surface area contributed by atoms with Crippen molar-refractivity contribution in [2.24, 2.45) is 5.92 Å². The van der Waals surface area contributed by atoms with Gasteiger partial charge in [-0.3, -0.25) is 0 Å². The maximum atomic E-state index is 3.78. The lowest BCUT2D eigenvalue weighted by atomic mass is 9.74. The largest absolute Gasteiger partial charge is 0.311 e. The van der Waals surface area contributed by atoms with E-state index in [0.717, 1.165) is 5.92 Å². The Morgan fingerprint density at radius 2 is 2.00 bits per heavy atom. The van der Waals surface area contributed by atoms with Crippen LogP contribution < -0.4 is 5.32 Å². The van der Waals surface area contributed by atoms with E-state index >= 15 is 0 Å². The molecule has 0 spiro atoms. The molecule has 0 aromatic carbocycles. The van der Waals surface area contributed by atoms with Gasteiger partial charge in [-0.15, -0.1) is 0 Å². The minimum absolute atomic E-state index is 0.579. The number of nitrogens with one attached hydrogen (secondary N) is 1. The SMILES string of the molecule is CCC1(NCC2CCC2)CCC1. The zero-order chi connectivity index (χ0) is 8.44. The quantitative estimate of drug-likeness (QED) is 0.679. The van der Waals surface area contributed by atoms with E-state index in [0.29, 0.717) is 5.54 Å². The van der Waals surface area contributed by atoms with E-state index in [1.54, 1.807) is 0 Å². The van der Waals surface area contributed by atoms with Crippen molar-refractivity contribution in [1.82, 2.24) is 5.32 Å².